The number of likely N-dealkylation sites (tertiary alicyclic amines) is 1. The summed E-state index contributed by atoms with van der Waals surface area (Å²) in [6, 6.07) is 12.0. The average molecular weight is 993 g/mol. The van der Waals surface area contributed by atoms with Gasteiger partial charge in [0.15, 0.2) is 5.82 Å². The lowest BCUT2D eigenvalue weighted by atomic mass is 9.85. The Labute approximate surface area is 407 Å². The molecule has 2 aromatic heterocycles. The first-order chi connectivity index (χ1) is 32.9. The van der Waals surface area contributed by atoms with Crippen molar-refractivity contribution >= 4 is 46.3 Å². The molecular weight excluding hydrogens is 937 g/mol. The molecule has 16 nitrogen and oxygen atoms in total. The minimum absolute atomic E-state index is 0.0561. The van der Waals surface area contributed by atoms with Gasteiger partial charge in [0, 0.05) is 38.6 Å². The molecule has 4 amide bonds. The highest BCUT2D eigenvalue weighted by Gasteiger charge is 2.51. The van der Waals surface area contributed by atoms with E-state index in [1.165, 1.54) is 35.8 Å². The summed E-state index contributed by atoms with van der Waals surface area (Å²) < 4.78 is 73.7. The molecule has 0 unspecified atom stereocenters. The van der Waals surface area contributed by atoms with Gasteiger partial charge in [-0.2, -0.15) is 18.4 Å². The number of pyridine rings is 1. The number of aliphatic hydroxyl groups excluding tert-OH is 1. The number of nitrogens with one attached hydrogen (secondary N) is 2. The van der Waals surface area contributed by atoms with Gasteiger partial charge in [0.25, 0.3) is 5.91 Å². The van der Waals surface area contributed by atoms with Crippen LogP contribution in [0.5, 0.6) is 5.88 Å². The molecule has 21 heteroatoms. The quantitative estimate of drug-likeness (QED) is 0.0718. The van der Waals surface area contributed by atoms with E-state index in [9.17, 15) is 42.7 Å². The van der Waals surface area contributed by atoms with E-state index in [2.05, 4.69) is 27.2 Å². The lowest BCUT2D eigenvalue weighted by molar-refractivity contribution is -0.144. The predicted molar refractivity (Wildman–Crippen MR) is 252 cm³/mol. The van der Waals surface area contributed by atoms with Crippen molar-refractivity contribution in [3.63, 3.8) is 0 Å². The topological polar surface area (TPSA) is 200 Å². The number of aromatic nitrogens is 2. The summed E-state index contributed by atoms with van der Waals surface area (Å²) in [5, 5.41) is 25.4. The number of hydrogen-bond acceptors (Lipinski definition) is 13. The molecule has 374 valence electrons. The Balaban J connectivity index is 0.923. The van der Waals surface area contributed by atoms with Crippen molar-refractivity contribution in [3.8, 4) is 22.4 Å². The zero-order chi connectivity index (χ0) is 51.3. The van der Waals surface area contributed by atoms with E-state index < -0.39 is 81.6 Å². The highest BCUT2D eigenvalue weighted by atomic mass is 32.1. The van der Waals surface area contributed by atoms with Gasteiger partial charge in [0.1, 0.15) is 35.6 Å². The SMILES string of the molecule is C=C1N(c2ccc(C#N)c(C(F)(F)F)c2F)C(=O)C(C)(C)N1c1ccc(OCCCOCCOCC(=O)N[C@H](C(=O)N2C[C@H](O)C[C@H]2C(=O)NCc2ccc(-c3scnc3C)cc2)C(C)(C)C)nc1C. The van der Waals surface area contributed by atoms with Crippen LogP contribution in [0.15, 0.2) is 66.4 Å². The number of carbonyl (C=O) groups is 4. The van der Waals surface area contributed by atoms with Gasteiger partial charge in [-0.25, -0.2) is 14.4 Å². The molecule has 4 aromatic rings. The number of amides is 4. The molecule has 0 radical (unpaired) electrons. The van der Waals surface area contributed by atoms with Gasteiger partial charge < -0.3 is 39.8 Å². The van der Waals surface area contributed by atoms with Crippen molar-refractivity contribution in [3.05, 3.63) is 100 Å². The summed E-state index contributed by atoms with van der Waals surface area (Å²) in [5.74, 6) is -3.86. The van der Waals surface area contributed by atoms with E-state index >= 15 is 4.39 Å². The third-order valence-corrected chi connectivity index (χ3v) is 12.8. The van der Waals surface area contributed by atoms with Gasteiger partial charge in [0.2, 0.25) is 23.6 Å². The molecule has 3 atom stereocenters. The number of nitrogens with zero attached hydrogens (tertiary/aromatic N) is 6. The van der Waals surface area contributed by atoms with Crippen LogP contribution in [0, 0.1) is 36.4 Å². The van der Waals surface area contributed by atoms with E-state index in [0.29, 0.717) is 17.8 Å². The number of thiazole rings is 1. The monoisotopic (exact) mass is 992 g/mol. The van der Waals surface area contributed by atoms with Crippen molar-refractivity contribution in [1.29, 1.82) is 5.26 Å². The van der Waals surface area contributed by atoms with Crippen LogP contribution in [-0.2, 0) is 41.4 Å². The number of ether oxygens (including phenoxy) is 3. The highest BCUT2D eigenvalue weighted by Crippen LogP contribution is 2.45. The van der Waals surface area contributed by atoms with E-state index in [1.54, 1.807) is 50.6 Å². The van der Waals surface area contributed by atoms with Crippen LogP contribution in [-0.4, -0.2) is 107 Å². The van der Waals surface area contributed by atoms with Crippen LogP contribution in [0.25, 0.3) is 10.4 Å². The van der Waals surface area contributed by atoms with E-state index in [1.807, 2.05) is 31.2 Å². The fourth-order valence-corrected chi connectivity index (χ4v) is 9.07. The fraction of sp³-hybridized carbons (Fsp3) is 0.449. The van der Waals surface area contributed by atoms with Crippen LogP contribution in [0.1, 0.15) is 75.5 Å². The first kappa shape index (κ1) is 52.9. The maximum absolute atomic E-state index is 15.4. The molecule has 2 aliphatic rings. The Hall–Kier alpha value is -6.47. The Morgan fingerprint density at radius 1 is 1.00 bits per heavy atom. The van der Waals surface area contributed by atoms with Gasteiger partial charge in [-0.05, 0) is 62.4 Å². The summed E-state index contributed by atoms with van der Waals surface area (Å²) in [7, 11) is 0. The van der Waals surface area contributed by atoms with Crippen LogP contribution >= 0.6 is 11.3 Å². The zero-order valence-electron chi connectivity index (χ0n) is 39.9. The van der Waals surface area contributed by atoms with Crippen molar-refractivity contribution < 1.29 is 56.1 Å². The second kappa shape index (κ2) is 21.7. The number of aryl methyl sites for hydroxylation is 2. The molecule has 6 rings (SSSR count). The molecule has 2 saturated heterocycles. The maximum Gasteiger partial charge on any atom is 0.420 e. The number of β-amino-alcohol motifs (C(OH)–C–C–N with tert-alkyl or cyclic N) is 1. The molecule has 0 spiro atoms. The number of aliphatic hydroxyl groups is 1. The normalized spacial score (nSPS) is 17.4. The van der Waals surface area contributed by atoms with Gasteiger partial charge in [-0.3, -0.25) is 24.1 Å². The second-order valence-corrected chi connectivity index (χ2v) is 19.3. The number of benzene rings is 2. The smallest absolute Gasteiger partial charge is 0.420 e. The number of anilines is 2. The Bertz CT molecular complexity index is 2650. The minimum atomic E-state index is -5.20. The van der Waals surface area contributed by atoms with E-state index in [4.69, 9.17) is 14.2 Å². The van der Waals surface area contributed by atoms with Crippen LogP contribution in [0.3, 0.4) is 0 Å². The van der Waals surface area contributed by atoms with Crippen molar-refractivity contribution in [2.75, 3.05) is 49.4 Å². The standard InChI is InChI=1S/C49H56F4N8O8S/c1-28-35(61-30(3)60(46(66)48(61,7)8)36-15-14-33(23-54)40(41(36)50)49(51,52)53)16-17-39(57-28)69-19-9-18-67-20-21-68-26-38(63)58-43(47(4,5)6)45(65)59-25-34(62)22-37(59)44(64)55-24-31-10-12-32(13-11-31)42-29(2)56-27-70-42/h10-17,27,34,37,43,62H,3,9,18-22,24-26H2,1-2,4-8H3,(H,55,64)(H,58,63)/t34-,37+,43-/m1/s1. The maximum atomic E-state index is 15.4. The van der Waals surface area contributed by atoms with Crippen LogP contribution in [0.2, 0.25) is 0 Å². The molecule has 0 bridgehead atoms. The predicted octanol–water partition coefficient (Wildman–Crippen LogP) is 6.57. The van der Waals surface area contributed by atoms with Gasteiger partial charge in [-0.1, -0.05) is 51.6 Å². The summed E-state index contributed by atoms with van der Waals surface area (Å²) in [4.78, 5) is 67.4. The lowest BCUT2D eigenvalue weighted by Gasteiger charge is -2.35. The van der Waals surface area contributed by atoms with Gasteiger partial charge in [0.05, 0.1) is 70.7 Å². The van der Waals surface area contributed by atoms with Crippen LogP contribution in [0.4, 0.5) is 28.9 Å². The first-order valence-electron chi connectivity index (χ1n) is 22.4. The third kappa shape index (κ3) is 11.7. The van der Waals surface area contributed by atoms with Crippen molar-refractivity contribution in [2.45, 2.75) is 97.8 Å². The zero-order valence-corrected chi connectivity index (χ0v) is 40.7. The molecule has 2 fully saturated rings. The number of hydrogen-bond donors (Lipinski definition) is 3. The number of halogens is 4. The van der Waals surface area contributed by atoms with Gasteiger partial charge >= 0.3 is 6.18 Å². The Kier molecular flexibility index (Phi) is 16.4. The molecule has 3 N–H and O–H groups in total. The highest BCUT2D eigenvalue weighted by molar-refractivity contribution is 7.13. The lowest BCUT2D eigenvalue weighted by Crippen LogP contribution is -2.58. The van der Waals surface area contributed by atoms with E-state index in [0.717, 1.165) is 38.7 Å². The Morgan fingerprint density at radius 3 is 2.31 bits per heavy atom. The summed E-state index contributed by atoms with van der Waals surface area (Å²) >= 11 is 1.55. The average Bonchev–Trinajstić information content (AvgIpc) is 3.96. The van der Waals surface area contributed by atoms with Gasteiger partial charge in [-0.15, -0.1) is 11.3 Å². The fourth-order valence-electron chi connectivity index (χ4n) is 8.26. The van der Waals surface area contributed by atoms with Crippen molar-refractivity contribution in [1.82, 2.24) is 25.5 Å². The van der Waals surface area contributed by atoms with Crippen LogP contribution < -0.4 is 25.2 Å². The first-order valence-corrected chi connectivity index (χ1v) is 23.3. The second-order valence-electron chi connectivity index (χ2n) is 18.4. The number of carbonyl (C=O) groups excluding carboxylic acids is 4. The summed E-state index contributed by atoms with van der Waals surface area (Å²) in [5.41, 5.74) is -0.207. The number of alkyl halides is 3. The minimum Gasteiger partial charge on any atom is -0.478 e. The molecule has 0 saturated carbocycles. The van der Waals surface area contributed by atoms with Crippen molar-refractivity contribution in [2.24, 2.45) is 5.41 Å². The molecule has 2 aromatic carbocycles. The Morgan fingerprint density at radius 2 is 1.69 bits per heavy atom. The number of rotatable bonds is 18. The largest absolute Gasteiger partial charge is 0.478 e. The molecule has 2 aliphatic heterocycles. The molecule has 4 heterocycles. The summed E-state index contributed by atoms with van der Waals surface area (Å²) in [6.07, 6.45) is -5.61. The number of nitriles is 1. The molecule has 0 aliphatic carbocycles. The molecular formula is C49H56F4N8O8S. The summed E-state index contributed by atoms with van der Waals surface area (Å²) in [6.45, 7) is 16.4. The third-order valence-electron chi connectivity index (χ3n) is 11.8. The van der Waals surface area contributed by atoms with E-state index in [-0.39, 0.29) is 64.2 Å². The molecule has 70 heavy (non-hydrogen) atoms.